The van der Waals surface area contributed by atoms with Crippen molar-refractivity contribution in [2.75, 3.05) is 13.7 Å². The zero-order chi connectivity index (χ0) is 12.8. The van der Waals surface area contributed by atoms with E-state index in [0.29, 0.717) is 6.61 Å². The van der Waals surface area contributed by atoms with E-state index in [2.05, 4.69) is 31.9 Å². The molecule has 3 nitrogen and oxygen atoms in total. The van der Waals surface area contributed by atoms with E-state index in [-0.39, 0.29) is 10.8 Å². The molecule has 0 heterocycles. The van der Waals surface area contributed by atoms with E-state index in [1.807, 2.05) is 24.3 Å². The predicted octanol–water partition coefficient (Wildman–Crippen LogP) is 3.46. The third kappa shape index (κ3) is 4.00. The number of methoxy groups -OCH3 is 1. The molecule has 17 heavy (non-hydrogen) atoms. The molecule has 0 amide bonds. The number of halogens is 2. The number of rotatable bonds is 5. The van der Waals surface area contributed by atoms with Crippen LogP contribution in [0.2, 0.25) is 0 Å². The van der Waals surface area contributed by atoms with Crippen molar-refractivity contribution in [2.24, 2.45) is 0 Å². The van der Waals surface area contributed by atoms with Crippen molar-refractivity contribution >= 4 is 37.8 Å². The molecule has 0 saturated heterocycles. The lowest BCUT2D eigenvalue weighted by molar-refractivity contribution is -0.142. The van der Waals surface area contributed by atoms with Crippen LogP contribution in [-0.4, -0.2) is 24.5 Å². The summed E-state index contributed by atoms with van der Waals surface area (Å²) in [6, 6.07) is 7.53. The minimum Gasteiger partial charge on any atom is -0.497 e. The molecule has 0 aliphatic rings. The van der Waals surface area contributed by atoms with Gasteiger partial charge in [0.25, 0.3) is 0 Å². The van der Waals surface area contributed by atoms with E-state index in [4.69, 9.17) is 9.47 Å². The van der Waals surface area contributed by atoms with Crippen molar-refractivity contribution in [1.29, 1.82) is 0 Å². The Kier molecular flexibility index (Phi) is 5.98. The fourth-order valence-corrected chi connectivity index (χ4v) is 2.26. The van der Waals surface area contributed by atoms with E-state index < -0.39 is 4.83 Å². The number of alkyl halides is 2. The maximum Gasteiger partial charge on any atom is 0.321 e. The van der Waals surface area contributed by atoms with E-state index in [9.17, 15) is 4.79 Å². The molecule has 0 aliphatic carbocycles. The minimum absolute atomic E-state index is 0.132. The van der Waals surface area contributed by atoms with Crippen molar-refractivity contribution in [3.05, 3.63) is 29.8 Å². The molecule has 0 bridgehead atoms. The highest BCUT2D eigenvalue weighted by molar-refractivity contribution is 9.12. The quantitative estimate of drug-likeness (QED) is 0.592. The smallest absolute Gasteiger partial charge is 0.321 e. The Hall–Kier alpha value is -0.550. The molecule has 0 radical (unpaired) electrons. The second-order valence-electron chi connectivity index (χ2n) is 3.33. The van der Waals surface area contributed by atoms with Gasteiger partial charge in [0.05, 0.1) is 18.5 Å². The zero-order valence-electron chi connectivity index (χ0n) is 9.65. The topological polar surface area (TPSA) is 35.5 Å². The first-order valence-electron chi connectivity index (χ1n) is 5.18. The molecule has 0 saturated carbocycles. The van der Waals surface area contributed by atoms with Gasteiger partial charge in [0.15, 0.2) is 0 Å². The summed E-state index contributed by atoms with van der Waals surface area (Å²) < 4.78 is 10.0. The van der Waals surface area contributed by atoms with Gasteiger partial charge in [-0.3, -0.25) is 4.79 Å². The van der Waals surface area contributed by atoms with Crippen LogP contribution in [0.5, 0.6) is 5.75 Å². The van der Waals surface area contributed by atoms with Gasteiger partial charge in [0, 0.05) is 0 Å². The second-order valence-corrected chi connectivity index (χ2v) is 5.30. The lowest BCUT2D eigenvalue weighted by Crippen LogP contribution is -2.21. The van der Waals surface area contributed by atoms with Gasteiger partial charge in [-0.25, -0.2) is 0 Å². The van der Waals surface area contributed by atoms with Gasteiger partial charge in [-0.2, -0.15) is 0 Å². The first-order chi connectivity index (χ1) is 8.10. The van der Waals surface area contributed by atoms with Gasteiger partial charge in [0.1, 0.15) is 10.6 Å². The summed E-state index contributed by atoms with van der Waals surface area (Å²) in [5.74, 6) is 0.515. The summed E-state index contributed by atoms with van der Waals surface area (Å²) in [6.07, 6.45) is 0. The predicted molar refractivity (Wildman–Crippen MR) is 74.0 cm³/mol. The Morgan fingerprint density at radius 3 is 2.35 bits per heavy atom. The number of esters is 1. The fourth-order valence-electron chi connectivity index (χ4n) is 1.30. The first kappa shape index (κ1) is 14.5. The lowest BCUT2D eigenvalue weighted by Gasteiger charge is -2.16. The van der Waals surface area contributed by atoms with Gasteiger partial charge >= 0.3 is 5.97 Å². The van der Waals surface area contributed by atoms with Crippen LogP contribution in [0.3, 0.4) is 0 Å². The van der Waals surface area contributed by atoms with Crippen LogP contribution in [0.15, 0.2) is 24.3 Å². The number of benzene rings is 1. The van der Waals surface area contributed by atoms with Crippen LogP contribution in [0.1, 0.15) is 17.3 Å². The molecule has 0 fully saturated rings. The van der Waals surface area contributed by atoms with Crippen LogP contribution in [0.25, 0.3) is 0 Å². The van der Waals surface area contributed by atoms with Crippen LogP contribution in [0.4, 0.5) is 0 Å². The van der Waals surface area contributed by atoms with Crippen LogP contribution in [-0.2, 0) is 9.53 Å². The molecule has 0 aliphatic heterocycles. The van der Waals surface area contributed by atoms with Crippen molar-refractivity contribution < 1.29 is 14.3 Å². The van der Waals surface area contributed by atoms with Crippen molar-refractivity contribution in [1.82, 2.24) is 0 Å². The van der Waals surface area contributed by atoms with Crippen LogP contribution < -0.4 is 4.74 Å². The van der Waals surface area contributed by atoms with Gasteiger partial charge < -0.3 is 9.47 Å². The van der Waals surface area contributed by atoms with E-state index in [1.165, 1.54) is 0 Å². The molecule has 1 rings (SSSR count). The van der Waals surface area contributed by atoms with Gasteiger partial charge in [-0.15, -0.1) is 0 Å². The highest BCUT2D eigenvalue weighted by Crippen LogP contribution is 2.32. The Labute approximate surface area is 118 Å². The second kappa shape index (κ2) is 7.01. The largest absolute Gasteiger partial charge is 0.497 e. The molecular formula is C12H14Br2O3. The number of hydrogen-bond donors (Lipinski definition) is 0. The molecule has 5 heteroatoms. The standard InChI is InChI=1S/C12H14Br2O3/c1-3-17-12(15)11(14)10(13)8-4-6-9(16-2)7-5-8/h4-7,10-11H,3H2,1-2H3. The average molecular weight is 366 g/mol. The third-order valence-electron chi connectivity index (χ3n) is 2.20. The summed E-state index contributed by atoms with van der Waals surface area (Å²) in [5.41, 5.74) is 0.987. The normalized spacial score (nSPS) is 13.9. The molecule has 0 aromatic heterocycles. The number of ether oxygens (including phenoxy) is 2. The van der Waals surface area contributed by atoms with Crippen LogP contribution >= 0.6 is 31.9 Å². The summed E-state index contributed by atoms with van der Waals surface area (Å²) in [7, 11) is 1.62. The summed E-state index contributed by atoms with van der Waals surface area (Å²) in [5, 5.41) is 0. The summed E-state index contributed by atoms with van der Waals surface area (Å²) >= 11 is 6.81. The number of hydrogen-bond acceptors (Lipinski definition) is 3. The Morgan fingerprint density at radius 1 is 1.29 bits per heavy atom. The lowest BCUT2D eigenvalue weighted by atomic mass is 10.1. The molecule has 2 atom stereocenters. The third-order valence-corrected chi connectivity index (χ3v) is 4.87. The zero-order valence-corrected chi connectivity index (χ0v) is 12.8. The van der Waals surface area contributed by atoms with Gasteiger partial charge in [-0.05, 0) is 24.6 Å². The number of carbonyl (C=O) groups excluding carboxylic acids is 1. The maximum absolute atomic E-state index is 11.6. The monoisotopic (exact) mass is 364 g/mol. The van der Waals surface area contributed by atoms with Crippen molar-refractivity contribution in [2.45, 2.75) is 16.6 Å². The van der Waals surface area contributed by atoms with Gasteiger partial charge in [0.2, 0.25) is 0 Å². The van der Waals surface area contributed by atoms with E-state index in [0.717, 1.165) is 11.3 Å². The SMILES string of the molecule is CCOC(=O)C(Br)C(Br)c1ccc(OC)cc1. The van der Waals surface area contributed by atoms with E-state index >= 15 is 0 Å². The molecule has 94 valence electrons. The molecule has 1 aromatic carbocycles. The minimum atomic E-state index is -0.407. The summed E-state index contributed by atoms with van der Waals surface area (Å²) in [4.78, 5) is 11.0. The van der Waals surface area contributed by atoms with Crippen molar-refractivity contribution in [3.63, 3.8) is 0 Å². The Morgan fingerprint density at radius 2 is 1.88 bits per heavy atom. The maximum atomic E-state index is 11.6. The van der Waals surface area contributed by atoms with Crippen LogP contribution in [0, 0.1) is 0 Å². The van der Waals surface area contributed by atoms with Crippen molar-refractivity contribution in [3.8, 4) is 5.75 Å². The molecule has 2 unspecified atom stereocenters. The Balaban J connectivity index is 2.73. The van der Waals surface area contributed by atoms with E-state index in [1.54, 1.807) is 14.0 Å². The average Bonchev–Trinajstić information content (AvgIpc) is 2.37. The molecule has 0 spiro atoms. The highest BCUT2D eigenvalue weighted by Gasteiger charge is 2.26. The molecule has 1 aromatic rings. The summed E-state index contributed by atoms with van der Waals surface area (Å²) in [6.45, 7) is 2.16. The number of carbonyl (C=O) groups is 1. The fraction of sp³-hybridized carbons (Fsp3) is 0.417. The first-order valence-corrected chi connectivity index (χ1v) is 7.02. The molecular weight excluding hydrogens is 352 g/mol. The van der Waals surface area contributed by atoms with Gasteiger partial charge in [-0.1, -0.05) is 44.0 Å². The Bertz CT molecular complexity index is 365. The molecule has 0 N–H and O–H groups in total. The highest BCUT2D eigenvalue weighted by atomic mass is 79.9.